The summed E-state index contributed by atoms with van der Waals surface area (Å²) in [7, 11) is 0. The van der Waals surface area contributed by atoms with Crippen molar-refractivity contribution in [2.24, 2.45) is 4.99 Å². The van der Waals surface area contributed by atoms with E-state index in [4.69, 9.17) is 8.94 Å². The van der Waals surface area contributed by atoms with Crippen LogP contribution in [0.4, 0.5) is 0 Å². The van der Waals surface area contributed by atoms with Crippen LogP contribution in [0, 0.1) is 20.8 Å². The number of fused-ring (bicyclic) bond motifs is 1. The molecule has 0 saturated carbocycles. The van der Waals surface area contributed by atoms with Crippen LogP contribution < -0.4 is 5.49 Å². The Morgan fingerprint density at radius 1 is 1.17 bits per heavy atom. The summed E-state index contributed by atoms with van der Waals surface area (Å²) in [5, 5.41) is 4.62. The number of hydrogen-bond acceptors (Lipinski definition) is 6. The van der Waals surface area contributed by atoms with Crippen LogP contribution in [0.5, 0.6) is 0 Å². The Labute approximate surface area is 167 Å². The largest absolute Gasteiger partial charge is 0.466 e. The van der Waals surface area contributed by atoms with Gasteiger partial charge in [0.1, 0.15) is 17.0 Å². The first-order valence-electron chi connectivity index (χ1n) is 9.46. The van der Waals surface area contributed by atoms with Crippen LogP contribution in [0.2, 0.25) is 0 Å². The lowest BCUT2D eigenvalue weighted by molar-refractivity contribution is 0.0956. The molecule has 4 aromatic rings. The maximum atomic E-state index is 13.6. The molecule has 0 fully saturated rings. The van der Waals surface area contributed by atoms with E-state index in [-0.39, 0.29) is 11.9 Å². The molecule has 0 radical (unpaired) electrons. The molecule has 4 rings (SSSR count). The molecule has 4 heterocycles. The van der Waals surface area contributed by atoms with Gasteiger partial charge >= 0.3 is 0 Å². The second-order valence-corrected chi connectivity index (χ2v) is 7.29. The fourth-order valence-electron chi connectivity index (χ4n) is 3.39. The number of pyridine rings is 2. The number of furan rings is 1. The van der Waals surface area contributed by atoms with Crippen LogP contribution in [-0.4, -0.2) is 26.7 Å². The van der Waals surface area contributed by atoms with Crippen molar-refractivity contribution >= 4 is 17.0 Å². The van der Waals surface area contributed by atoms with Gasteiger partial charge in [0.2, 0.25) is 0 Å². The first-order valence-corrected chi connectivity index (χ1v) is 9.46. The minimum Gasteiger partial charge on any atom is -0.466 e. The molecule has 0 N–H and O–H groups in total. The Morgan fingerprint density at radius 2 is 1.97 bits per heavy atom. The third-order valence-corrected chi connectivity index (χ3v) is 4.61. The summed E-state index contributed by atoms with van der Waals surface area (Å²) in [6.45, 7) is 9.48. The van der Waals surface area contributed by atoms with Crippen LogP contribution in [0.3, 0.4) is 0 Å². The van der Waals surface area contributed by atoms with Crippen molar-refractivity contribution in [1.29, 1.82) is 0 Å². The minimum atomic E-state index is -0.220. The normalized spacial score (nSPS) is 12.3. The highest BCUT2D eigenvalue weighted by Crippen LogP contribution is 2.30. The first-order chi connectivity index (χ1) is 13.8. The summed E-state index contributed by atoms with van der Waals surface area (Å²) in [5.41, 5.74) is 3.40. The standard InChI is InChI=1S/C22H22N4O3/c1-12(2)23-19-8-6-7-9-26(19)22(27)17-11-18(16-10-13(3)28-15(16)5)24-21-20(17)14(4)25-29-21/h6-12H,1-5H3. The number of carbonyl (C=O) groups excluding carboxylic acids is 1. The van der Waals surface area contributed by atoms with Gasteiger partial charge in [-0.1, -0.05) is 11.2 Å². The number of carbonyl (C=O) groups is 1. The average Bonchev–Trinajstić information content (AvgIpc) is 3.22. The van der Waals surface area contributed by atoms with Crippen LogP contribution in [0.1, 0.15) is 41.4 Å². The lowest BCUT2D eigenvalue weighted by atomic mass is 10.1. The molecule has 7 nitrogen and oxygen atoms in total. The van der Waals surface area contributed by atoms with Crippen molar-refractivity contribution in [1.82, 2.24) is 14.7 Å². The topological polar surface area (TPSA) is 86.4 Å². The van der Waals surface area contributed by atoms with Crippen molar-refractivity contribution in [3.63, 3.8) is 0 Å². The summed E-state index contributed by atoms with van der Waals surface area (Å²) in [6, 6.07) is 9.21. The molecule has 0 saturated heterocycles. The molecule has 0 spiro atoms. The van der Waals surface area contributed by atoms with Gasteiger partial charge in [0.05, 0.1) is 22.3 Å². The maximum absolute atomic E-state index is 13.6. The molecule has 0 bridgehead atoms. The number of rotatable bonds is 3. The molecule has 0 unspecified atom stereocenters. The molecule has 0 aliphatic heterocycles. The van der Waals surface area contributed by atoms with Gasteiger partial charge in [-0.15, -0.1) is 0 Å². The van der Waals surface area contributed by atoms with Crippen molar-refractivity contribution in [2.75, 3.05) is 0 Å². The SMILES string of the molecule is Cc1cc(-c2cc(C(=O)n3ccccc3=NC(C)C)c3c(C)noc3n2)c(C)o1. The number of aromatic nitrogens is 3. The van der Waals surface area contributed by atoms with Crippen LogP contribution in [-0.2, 0) is 0 Å². The van der Waals surface area contributed by atoms with E-state index in [1.165, 1.54) is 0 Å². The van der Waals surface area contributed by atoms with E-state index in [1.54, 1.807) is 29.8 Å². The van der Waals surface area contributed by atoms with E-state index < -0.39 is 0 Å². The van der Waals surface area contributed by atoms with Crippen molar-refractivity contribution < 1.29 is 13.7 Å². The number of hydrogen-bond donors (Lipinski definition) is 0. The summed E-state index contributed by atoms with van der Waals surface area (Å²) >= 11 is 0. The maximum Gasteiger partial charge on any atom is 0.264 e. The Kier molecular flexibility index (Phi) is 4.66. The summed E-state index contributed by atoms with van der Waals surface area (Å²) in [4.78, 5) is 22.7. The van der Waals surface area contributed by atoms with Gasteiger partial charge in [-0.25, -0.2) is 4.98 Å². The molecule has 7 heteroatoms. The zero-order valence-electron chi connectivity index (χ0n) is 17.1. The molecular formula is C22H22N4O3. The molecule has 0 aromatic carbocycles. The lowest BCUT2D eigenvalue weighted by Crippen LogP contribution is -2.28. The second kappa shape index (κ2) is 7.16. The highest BCUT2D eigenvalue weighted by molar-refractivity contribution is 6.07. The van der Waals surface area contributed by atoms with Gasteiger partial charge in [-0.2, -0.15) is 0 Å². The molecule has 0 aliphatic rings. The van der Waals surface area contributed by atoms with Crippen molar-refractivity contribution in [2.45, 2.75) is 40.7 Å². The summed E-state index contributed by atoms with van der Waals surface area (Å²) in [6.07, 6.45) is 1.71. The van der Waals surface area contributed by atoms with E-state index in [2.05, 4.69) is 15.1 Å². The second-order valence-electron chi connectivity index (χ2n) is 7.29. The predicted octanol–water partition coefficient (Wildman–Crippen LogP) is 4.21. The van der Waals surface area contributed by atoms with Gasteiger partial charge in [0.25, 0.3) is 11.6 Å². The third kappa shape index (κ3) is 3.40. The highest BCUT2D eigenvalue weighted by Gasteiger charge is 2.22. The molecule has 4 aromatic heterocycles. The number of aryl methyl sites for hydroxylation is 3. The van der Waals surface area contributed by atoms with Gasteiger partial charge in [-0.05, 0) is 58.9 Å². The molecule has 29 heavy (non-hydrogen) atoms. The highest BCUT2D eigenvalue weighted by atomic mass is 16.5. The van der Waals surface area contributed by atoms with Crippen LogP contribution in [0.15, 0.2) is 50.5 Å². The molecular weight excluding hydrogens is 368 g/mol. The van der Waals surface area contributed by atoms with Gasteiger partial charge in [0.15, 0.2) is 0 Å². The van der Waals surface area contributed by atoms with E-state index >= 15 is 0 Å². The Bertz CT molecular complexity index is 1290. The molecule has 148 valence electrons. The Balaban J connectivity index is 1.98. The van der Waals surface area contributed by atoms with Crippen LogP contribution >= 0.6 is 0 Å². The fourth-order valence-corrected chi connectivity index (χ4v) is 3.39. The van der Waals surface area contributed by atoms with Crippen molar-refractivity contribution in [3.8, 4) is 11.3 Å². The fraction of sp³-hybridized carbons (Fsp3) is 0.273. The van der Waals surface area contributed by atoms with Gasteiger partial charge in [0, 0.05) is 17.8 Å². The smallest absolute Gasteiger partial charge is 0.264 e. The summed E-state index contributed by atoms with van der Waals surface area (Å²) < 4.78 is 12.6. The quantitative estimate of drug-likeness (QED) is 0.523. The molecule has 0 amide bonds. The predicted molar refractivity (Wildman–Crippen MR) is 109 cm³/mol. The average molecular weight is 390 g/mol. The van der Waals surface area contributed by atoms with E-state index in [0.717, 1.165) is 17.1 Å². The van der Waals surface area contributed by atoms with E-state index in [1.807, 2.05) is 45.9 Å². The Hall–Kier alpha value is -3.48. The number of nitrogens with zero attached hydrogens (tertiary/aromatic N) is 4. The Morgan fingerprint density at radius 3 is 2.66 bits per heavy atom. The lowest BCUT2D eigenvalue weighted by Gasteiger charge is -2.09. The molecule has 0 atom stereocenters. The minimum absolute atomic E-state index is 0.0540. The van der Waals surface area contributed by atoms with Gasteiger partial charge in [-0.3, -0.25) is 14.4 Å². The van der Waals surface area contributed by atoms with E-state index in [9.17, 15) is 4.79 Å². The van der Waals surface area contributed by atoms with E-state index in [0.29, 0.717) is 33.5 Å². The summed E-state index contributed by atoms with van der Waals surface area (Å²) in [5.74, 6) is 1.28. The monoisotopic (exact) mass is 390 g/mol. The zero-order valence-corrected chi connectivity index (χ0v) is 17.1. The first kappa shape index (κ1) is 18.9. The molecule has 0 aliphatic carbocycles. The van der Waals surface area contributed by atoms with Crippen molar-refractivity contribution in [3.05, 3.63) is 64.8 Å². The van der Waals surface area contributed by atoms with Gasteiger partial charge < -0.3 is 8.94 Å². The third-order valence-electron chi connectivity index (χ3n) is 4.61. The van der Waals surface area contributed by atoms with Crippen LogP contribution in [0.25, 0.3) is 22.4 Å². The zero-order chi connectivity index (χ0) is 20.7.